The van der Waals surface area contributed by atoms with Gasteiger partial charge in [0, 0.05) is 0 Å². The van der Waals surface area contributed by atoms with Crippen LogP contribution in [0.15, 0.2) is 94.9 Å². The van der Waals surface area contributed by atoms with Crippen LogP contribution in [-0.4, -0.2) is 39.1 Å². The van der Waals surface area contributed by atoms with E-state index < -0.39 is 0 Å². The predicted octanol–water partition coefficient (Wildman–Crippen LogP) is 3.68. The van der Waals surface area contributed by atoms with Crippen molar-refractivity contribution in [3.63, 3.8) is 0 Å². The topological polar surface area (TPSA) is 24.7 Å². The summed E-state index contributed by atoms with van der Waals surface area (Å²) in [6.07, 6.45) is 0. The Morgan fingerprint density at radius 3 is 1.32 bits per heavy atom. The van der Waals surface area contributed by atoms with Gasteiger partial charge in [0.1, 0.15) is 0 Å². The number of hydrogen-bond acceptors (Lipinski definition) is 2. The molecule has 0 radical (unpaired) electrons. The zero-order valence-electron chi connectivity index (χ0n) is 14.8. The van der Waals surface area contributed by atoms with Crippen molar-refractivity contribution in [2.24, 2.45) is 9.98 Å². The quantitative estimate of drug-likeness (QED) is 0.385. The molecule has 6 rings (SSSR count). The molecule has 2 heterocycles. The number of hydrogen-bond donors (Lipinski definition) is 0. The van der Waals surface area contributed by atoms with Crippen LogP contribution in [0, 0.1) is 0 Å². The zero-order chi connectivity index (χ0) is 18.5. The molecule has 0 N–H and O–H groups in total. The molecule has 0 saturated heterocycles. The molecule has 4 aromatic carbocycles. The van der Waals surface area contributed by atoms with Gasteiger partial charge in [-0.3, -0.25) is 0 Å². The first-order valence-electron chi connectivity index (χ1n) is 9.10. The predicted molar refractivity (Wildman–Crippen MR) is 120 cm³/mol. The van der Waals surface area contributed by atoms with Gasteiger partial charge in [0.15, 0.2) is 0 Å². The minimum absolute atomic E-state index is 0.210. The van der Waals surface area contributed by atoms with Crippen LogP contribution in [0.1, 0.15) is 11.1 Å². The van der Waals surface area contributed by atoms with Crippen LogP contribution in [-0.2, 0) is 0 Å². The van der Waals surface area contributed by atoms with Crippen LogP contribution in [0.2, 0.25) is 0 Å². The van der Waals surface area contributed by atoms with Gasteiger partial charge in [-0.15, -0.1) is 0 Å². The standard InChI is InChI=1S/C24H14N2Se2/c1-3-7-15(8-4-1)23-25-17-11-14-20-22-18(12-13-19(27-23)21(17)22)26-24(28-20)16-9-5-2-6-10-16/h1-14H. The molecule has 0 bridgehead atoms. The average Bonchev–Trinajstić information content (AvgIpc) is 2.78. The van der Waals surface area contributed by atoms with E-state index in [2.05, 4.69) is 84.9 Å². The summed E-state index contributed by atoms with van der Waals surface area (Å²) >= 11 is 0.420. The first-order valence-corrected chi connectivity index (χ1v) is 12.5. The maximum atomic E-state index is 5.05. The molecule has 132 valence electrons. The van der Waals surface area contributed by atoms with E-state index in [1.807, 2.05) is 0 Å². The molecule has 0 aromatic heterocycles. The summed E-state index contributed by atoms with van der Waals surface area (Å²) in [5.41, 5.74) is 4.65. The van der Waals surface area contributed by atoms with E-state index in [-0.39, 0.29) is 29.9 Å². The monoisotopic (exact) mass is 490 g/mol. The molecule has 4 aromatic rings. The van der Waals surface area contributed by atoms with E-state index in [0.717, 1.165) is 11.4 Å². The molecular formula is C24H14N2Se2. The summed E-state index contributed by atoms with van der Waals surface area (Å²) in [5.74, 6) is 0. The Morgan fingerprint density at radius 1 is 0.464 bits per heavy atom. The van der Waals surface area contributed by atoms with Crippen molar-refractivity contribution in [3.05, 3.63) is 96.1 Å². The second-order valence-electron chi connectivity index (χ2n) is 6.69. The van der Waals surface area contributed by atoms with Gasteiger partial charge in [-0.05, 0) is 0 Å². The molecular weight excluding hydrogens is 474 g/mol. The third-order valence-corrected chi connectivity index (χ3v) is 9.47. The normalized spacial score (nSPS) is 14.6. The Balaban J connectivity index is 1.54. The van der Waals surface area contributed by atoms with Crippen molar-refractivity contribution < 1.29 is 0 Å². The summed E-state index contributed by atoms with van der Waals surface area (Å²) in [6, 6.07) is 30.1. The third kappa shape index (κ3) is 2.62. The van der Waals surface area contributed by atoms with Crippen molar-refractivity contribution in [2.75, 3.05) is 0 Å². The molecule has 2 aliphatic rings. The van der Waals surface area contributed by atoms with Gasteiger partial charge in [-0.25, -0.2) is 0 Å². The van der Waals surface area contributed by atoms with Gasteiger partial charge < -0.3 is 0 Å². The van der Waals surface area contributed by atoms with Gasteiger partial charge >= 0.3 is 176 Å². The molecule has 4 heteroatoms. The SMILES string of the molecule is c1ccc(C2=Nc3ccc4c5c(ccc(c35)[Se]2)N=C(c2ccccc2)[Se]4)cc1. The van der Waals surface area contributed by atoms with Gasteiger partial charge in [0.25, 0.3) is 0 Å². The van der Waals surface area contributed by atoms with Crippen LogP contribution in [0.25, 0.3) is 10.8 Å². The number of nitrogens with zero attached hydrogens (tertiary/aromatic N) is 2. The second kappa shape index (κ2) is 6.55. The molecule has 0 aliphatic carbocycles. The third-order valence-electron chi connectivity index (χ3n) is 4.94. The zero-order valence-corrected chi connectivity index (χ0v) is 18.2. The van der Waals surface area contributed by atoms with E-state index >= 15 is 0 Å². The van der Waals surface area contributed by atoms with E-state index in [9.17, 15) is 0 Å². The van der Waals surface area contributed by atoms with Crippen LogP contribution >= 0.6 is 0 Å². The molecule has 28 heavy (non-hydrogen) atoms. The van der Waals surface area contributed by atoms with E-state index in [1.165, 1.54) is 40.0 Å². The average molecular weight is 488 g/mol. The van der Waals surface area contributed by atoms with E-state index in [1.54, 1.807) is 0 Å². The van der Waals surface area contributed by atoms with Crippen molar-refractivity contribution in [3.8, 4) is 0 Å². The summed E-state index contributed by atoms with van der Waals surface area (Å²) in [7, 11) is 0. The Kier molecular flexibility index (Phi) is 3.85. The van der Waals surface area contributed by atoms with Crippen LogP contribution in [0.5, 0.6) is 0 Å². The molecule has 0 unspecified atom stereocenters. The Bertz CT molecular complexity index is 1190. The fraction of sp³-hybridized carbons (Fsp3) is 0. The second-order valence-corrected chi connectivity index (χ2v) is 11.0. The summed E-state index contributed by atoms with van der Waals surface area (Å²) in [4.78, 5) is 10.1. The Hall–Kier alpha value is -2.48. The number of aliphatic imine (C=N–C) groups is 2. The molecule has 0 amide bonds. The van der Waals surface area contributed by atoms with Gasteiger partial charge in [-0.1, -0.05) is 0 Å². The molecule has 2 aliphatic heterocycles. The summed E-state index contributed by atoms with van der Waals surface area (Å²) in [5, 5.41) is 2.65. The van der Waals surface area contributed by atoms with Crippen LogP contribution in [0.3, 0.4) is 0 Å². The Labute approximate surface area is 175 Å². The minimum atomic E-state index is 0.210. The molecule has 0 fully saturated rings. The Morgan fingerprint density at radius 2 is 0.893 bits per heavy atom. The van der Waals surface area contributed by atoms with Crippen molar-refractivity contribution in [2.45, 2.75) is 0 Å². The van der Waals surface area contributed by atoms with Gasteiger partial charge in [0.2, 0.25) is 0 Å². The fourth-order valence-electron chi connectivity index (χ4n) is 3.64. The summed E-state index contributed by atoms with van der Waals surface area (Å²) < 4.78 is 5.26. The van der Waals surface area contributed by atoms with Crippen LogP contribution < -0.4 is 8.92 Å². The summed E-state index contributed by atoms with van der Waals surface area (Å²) in [6.45, 7) is 0. The number of rotatable bonds is 2. The first kappa shape index (κ1) is 16.5. The van der Waals surface area contributed by atoms with Crippen LogP contribution in [0.4, 0.5) is 11.4 Å². The first-order chi connectivity index (χ1) is 13.9. The molecule has 0 saturated carbocycles. The van der Waals surface area contributed by atoms with Crippen molar-refractivity contribution >= 4 is 70.2 Å². The molecule has 0 spiro atoms. The maximum absolute atomic E-state index is 5.05. The van der Waals surface area contributed by atoms with Crippen molar-refractivity contribution in [1.29, 1.82) is 0 Å². The number of benzene rings is 4. The van der Waals surface area contributed by atoms with Gasteiger partial charge in [0.05, 0.1) is 0 Å². The van der Waals surface area contributed by atoms with Crippen molar-refractivity contribution in [1.82, 2.24) is 0 Å². The fourth-order valence-corrected chi connectivity index (χ4v) is 8.05. The van der Waals surface area contributed by atoms with E-state index in [4.69, 9.17) is 9.98 Å². The molecule has 0 atom stereocenters. The van der Waals surface area contributed by atoms with Gasteiger partial charge in [-0.2, -0.15) is 0 Å². The van der Waals surface area contributed by atoms with E-state index in [0.29, 0.717) is 0 Å². The molecule has 2 nitrogen and oxygen atoms in total.